The monoisotopic (exact) mass is 306 g/mol. The zero-order valence-electron chi connectivity index (χ0n) is 13.6. The van der Waals surface area contributed by atoms with Gasteiger partial charge in [-0.3, -0.25) is 9.59 Å². The number of benzene rings is 1. The van der Waals surface area contributed by atoms with Gasteiger partial charge in [-0.1, -0.05) is 19.9 Å². The third-order valence-electron chi connectivity index (χ3n) is 3.60. The van der Waals surface area contributed by atoms with Gasteiger partial charge in [0.2, 0.25) is 0 Å². The van der Waals surface area contributed by atoms with Gasteiger partial charge in [0.25, 0.3) is 0 Å². The summed E-state index contributed by atoms with van der Waals surface area (Å²) in [5.41, 5.74) is 3.07. The Morgan fingerprint density at radius 2 is 1.82 bits per heavy atom. The van der Waals surface area contributed by atoms with Crippen molar-refractivity contribution in [1.82, 2.24) is 5.32 Å². The van der Waals surface area contributed by atoms with Crippen molar-refractivity contribution in [3.8, 4) is 0 Å². The Bertz CT molecular complexity index is 515. The Balaban J connectivity index is 2.62. The van der Waals surface area contributed by atoms with E-state index in [9.17, 15) is 9.59 Å². The molecular weight excluding hydrogens is 280 g/mol. The Hall–Kier alpha value is -1.88. The first kappa shape index (κ1) is 18.2. The van der Waals surface area contributed by atoms with Crippen LogP contribution in [0.3, 0.4) is 0 Å². The summed E-state index contributed by atoms with van der Waals surface area (Å²) in [5, 5.41) is 14.0. The molecule has 0 radical (unpaired) electrons. The third-order valence-corrected chi connectivity index (χ3v) is 3.60. The summed E-state index contributed by atoms with van der Waals surface area (Å²) in [6, 6.07) is 5.58. The van der Waals surface area contributed by atoms with Gasteiger partial charge < -0.3 is 15.7 Å². The fourth-order valence-electron chi connectivity index (χ4n) is 2.32. The van der Waals surface area contributed by atoms with E-state index >= 15 is 0 Å². The van der Waals surface area contributed by atoms with Crippen LogP contribution in [0.1, 0.15) is 44.7 Å². The molecule has 0 fully saturated rings. The highest BCUT2D eigenvalue weighted by Gasteiger charge is 2.16. The fourth-order valence-corrected chi connectivity index (χ4v) is 2.32. The lowest BCUT2D eigenvalue weighted by Gasteiger charge is -2.14. The first-order valence-electron chi connectivity index (χ1n) is 7.86. The van der Waals surface area contributed by atoms with Crippen molar-refractivity contribution >= 4 is 17.5 Å². The molecule has 2 amide bonds. The summed E-state index contributed by atoms with van der Waals surface area (Å²) < 4.78 is 0. The lowest BCUT2D eigenvalue weighted by atomic mass is 10.0. The van der Waals surface area contributed by atoms with E-state index in [0.717, 1.165) is 12.8 Å². The SMILES string of the molecule is CCc1ccc(NC(=O)C(=O)NC(C)CCCO)cc1CC. The molecule has 0 aliphatic carbocycles. The molecule has 0 aliphatic rings. The summed E-state index contributed by atoms with van der Waals surface area (Å²) in [6.45, 7) is 6.05. The van der Waals surface area contributed by atoms with Crippen LogP contribution < -0.4 is 10.6 Å². The van der Waals surface area contributed by atoms with Crippen molar-refractivity contribution < 1.29 is 14.7 Å². The Morgan fingerprint density at radius 3 is 2.41 bits per heavy atom. The Labute approximate surface area is 132 Å². The largest absolute Gasteiger partial charge is 0.396 e. The molecule has 0 spiro atoms. The molecule has 122 valence electrons. The van der Waals surface area contributed by atoms with Crippen LogP contribution in [0.4, 0.5) is 5.69 Å². The molecule has 1 aromatic rings. The number of hydrogen-bond acceptors (Lipinski definition) is 3. The number of nitrogens with one attached hydrogen (secondary N) is 2. The molecular formula is C17H26N2O3. The van der Waals surface area contributed by atoms with Crippen molar-refractivity contribution in [3.63, 3.8) is 0 Å². The predicted molar refractivity (Wildman–Crippen MR) is 87.8 cm³/mol. The molecule has 0 bridgehead atoms. The lowest BCUT2D eigenvalue weighted by Crippen LogP contribution is -2.40. The number of carbonyl (C=O) groups excluding carboxylic acids is 2. The van der Waals surface area contributed by atoms with E-state index in [4.69, 9.17) is 5.11 Å². The number of aliphatic hydroxyl groups is 1. The minimum Gasteiger partial charge on any atom is -0.396 e. The Morgan fingerprint density at radius 1 is 1.14 bits per heavy atom. The first-order valence-corrected chi connectivity index (χ1v) is 7.86. The highest BCUT2D eigenvalue weighted by molar-refractivity contribution is 6.39. The van der Waals surface area contributed by atoms with Crippen LogP contribution >= 0.6 is 0 Å². The van der Waals surface area contributed by atoms with Gasteiger partial charge in [0.1, 0.15) is 0 Å². The zero-order chi connectivity index (χ0) is 16.5. The summed E-state index contributed by atoms with van der Waals surface area (Å²) in [7, 11) is 0. The number of aryl methyl sites for hydroxylation is 2. The maximum Gasteiger partial charge on any atom is 0.313 e. The summed E-state index contributed by atoms with van der Waals surface area (Å²) in [4.78, 5) is 23.7. The highest BCUT2D eigenvalue weighted by Crippen LogP contribution is 2.17. The van der Waals surface area contributed by atoms with Gasteiger partial charge in [0.05, 0.1) is 0 Å². The quantitative estimate of drug-likeness (QED) is 0.674. The number of rotatable bonds is 7. The molecule has 0 aromatic heterocycles. The molecule has 0 saturated heterocycles. The summed E-state index contributed by atoms with van der Waals surface area (Å²) in [5.74, 6) is -1.31. The van der Waals surface area contributed by atoms with E-state index in [1.54, 1.807) is 0 Å². The minimum atomic E-state index is -0.665. The van der Waals surface area contributed by atoms with Crippen LogP contribution in [-0.2, 0) is 22.4 Å². The van der Waals surface area contributed by atoms with Gasteiger partial charge in [-0.25, -0.2) is 0 Å². The van der Waals surface area contributed by atoms with Gasteiger partial charge >= 0.3 is 11.8 Å². The van der Waals surface area contributed by atoms with Gasteiger partial charge in [0, 0.05) is 18.3 Å². The molecule has 22 heavy (non-hydrogen) atoms. The number of carbonyl (C=O) groups is 2. The predicted octanol–water partition coefficient (Wildman–Crippen LogP) is 2.03. The minimum absolute atomic E-state index is 0.0793. The van der Waals surface area contributed by atoms with Crippen molar-refractivity contribution in [2.24, 2.45) is 0 Å². The molecule has 5 heteroatoms. The topological polar surface area (TPSA) is 78.4 Å². The summed E-state index contributed by atoms with van der Waals surface area (Å²) >= 11 is 0. The number of amides is 2. The molecule has 3 N–H and O–H groups in total. The van der Waals surface area contributed by atoms with Gasteiger partial charge in [0.15, 0.2) is 0 Å². The van der Waals surface area contributed by atoms with Crippen LogP contribution in [0.2, 0.25) is 0 Å². The van der Waals surface area contributed by atoms with E-state index in [-0.39, 0.29) is 12.6 Å². The molecule has 1 rings (SSSR count). The molecule has 1 atom stereocenters. The van der Waals surface area contributed by atoms with Crippen LogP contribution in [0.15, 0.2) is 18.2 Å². The van der Waals surface area contributed by atoms with Crippen molar-refractivity contribution in [3.05, 3.63) is 29.3 Å². The smallest absolute Gasteiger partial charge is 0.313 e. The van der Waals surface area contributed by atoms with E-state index in [0.29, 0.717) is 18.5 Å². The molecule has 1 unspecified atom stereocenters. The molecule has 0 heterocycles. The van der Waals surface area contributed by atoms with Crippen molar-refractivity contribution in [1.29, 1.82) is 0 Å². The number of aliphatic hydroxyl groups excluding tert-OH is 1. The van der Waals surface area contributed by atoms with Crippen molar-refractivity contribution in [2.45, 2.75) is 52.5 Å². The van der Waals surface area contributed by atoms with E-state index < -0.39 is 11.8 Å². The van der Waals surface area contributed by atoms with Crippen LogP contribution in [0.5, 0.6) is 0 Å². The first-order chi connectivity index (χ1) is 10.5. The van der Waals surface area contributed by atoms with Crippen LogP contribution in [0, 0.1) is 0 Å². The molecule has 0 saturated carbocycles. The zero-order valence-corrected chi connectivity index (χ0v) is 13.6. The van der Waals surface area contributed by atoms with Gasteiger partial charge in [-0.15, -0.1) is 0 Å². The van der Waals surface area contributed by atoms with E-state index in [2.05, 4.69) is 24.5 Å². The molecule has 1 aromatic carbocycles. The lowest BCUT2D eigenvalue weighted by molar-refractivity contribution is -0.136. The van der Waals surface area contributed by atoms with Crippen LogP contribution in [0.25, 0.3) is 0 Å². The second-order valence-electron chi connectivity index (χ2n) is 5.39. The third kappa shape index (κ3) is 5.48. The average Bonchev–Trinajstić information content (AvgIpc) is 2.52. The maximum absolute atomic E-state index is 11.9. The Kier molecular flexibility index (Phi) is 7.60. The number of anilines is 1. The second kappa shape index (κ2) is 9.20. The maximum atomic E-state index is 11.9. The van der Waals surface area contributed by atoms with Crippen molar-refractivity contribution in [2.75, 3.05) is 11.9 Å². The second-order valence-corrected chi connectivity index (χ2v) is 5.39. The highest BCUT2D eigenvalue weighted by atomic mass is 16.3. The van der Waals surface area contributed by atoms with E-state index in [1.807, 2.05) is 25.1 Å². The van der Waals surface area contributed by atoms with Gasteiger partial charge in [-0.05, 0) is 55.9 Å². The molecule has 0 aliphatic heterocycles. The van der Waals surface area contributed by atoms with E-state index in [1.165, 1.54) is 11.1 Å². The summed E-state index contributed by atoms with van der Waals surface area (Å²) in [6.07, 6.45) is 3.07. The average molecular weight is 306 g/mol. The molecule has 5 nitrogen and oxygen atoms in total. The standard InChI is InChI=1S/C17H26N2O3/c1-4-13-8-9-15(11-14(13)5-2)19-17(22)16(21)18-12(3)7-6-10-20/h8-9,11-12,20H,4-7,10H2,1-3H3,(H,18,21)(H,19,22). The fraction of sp³-hybridized carbons (Fsp3) is 0.529. The number of hydrogen-bond donors (Lipinski definition) is 3. The van der Waals surface area contributed by atoms with Gasteiger partial charge in [-0.2, -0.15) is 0 Å². The van der Waals surface area contributed by atoms with Crippen LogP contribution in [-0.4, -0.2) is 29.6 Å². The normalized spacial score (nSPS) is 11.8.